The Balaban J connectivity index is 1.70. The summed E-state index contributed by atoms with van der Waals surface area (Å²) < 4.78 is 12.8. The van der Waals surface area contributed by atoms with Crippen LogP contribution in [-0.4, -0.2) is 18.2 Å². The molecule has 0 saturated heterocycles. The highest BCUT2D eigenvalue weighted by atomic mass is 35.5. The van der Waals surface area contributed by atoms with Crippen LogP contribution in [0.25, 0.3) is 0 Å². The van der Waals surface area contributed by atoms with Gasteiger partial charge in [-0.25, -0.2) is 4.39 Å². The lowest BCUT2D eigenvalue weighted by molar-refractivity contribution is -0.121. The van der Waals surface area contributed by atoms with E-state index >= 15 is 0 Å². The molecule has 5 heteroatoms. The van der Waals surface area contributed by atoms with Gasteiger partial charge in [-0.2, -0.15) is 0 Å². The number of ketones is 1. The first-order valence-corrected chi connectivity index (χ1v) is 7.72. The Bertz CT molecular complexity index is 686. The van der Waals surface area contributed by atoms with Crippen molar-refractivity contribution in [3.05, 3.63) is 70.5 Å². The highest BCUT2D eigenvalue weighted by Gasteiger charge is 2.09. The molecule has 120 valence electrons. The maximum Gasteiger partial charge on any atom is 0.220 e. The van der Waals surface area contributed by atoms with E-state index < -0.39 is 0 Å². The molecule has 0 unspecified atom stereocenters. The van der Waals surface area contributed by atoms with Crippen molar-refractivity contribution in [2.45, 2.75) is 19.3 Å². The Morgan fingerprint density at radius 1 is 1.04 bits per heavy atom. The van der Waals surface area contributed by atoms with Crippen molar-refractivity contribution >= 4 is 23.3 Å². The van der Waals surface area contributed by atoms with Crippen LogP contribution in [0.1, 0.15) is 28.8 Å². The zero-order valence-corrected chi connectivity index (χ0v) is 13.3. The van der Waals surface area contributed by atoms with Crippen molar-refractivity contribution in [2.75, 3.05) is 6.54 Å². The third-order valence-electron chi connectivity index (χ3n) is 3.37. The van der Waals surface area contributed by atoms with Gasteiger partial charge in [0, 0.05) is 30.0 Å². The van der Waals surface area contributed by atoms with Crippen LogP contribution in [-0.2, 0) is 11.2 Å². The van der Waals surface area contributed by atoms with Gasteiger partial charge in [0.25, 0.3) is 0 Å². The Hall–Kier alpha value is -2.20. The quantitative estimate of drug-likeness (QED) is 0.783. The van der Waals surface area contributed by atoms with Crippen molar-refractivity contribution in [3.8, 4) is 0 Å². The molecular formula is C18H17ClFNO2. The normalized spacial score (nSPS) is 10.3. The molecule has 0 aliphatic rings. The Kier molecular flexibility index (Phi) is 6.29. The molecule has 1 N–H and O–H groups in total. The summed E-state index contributed by atoms with van der Waals surface area (Å²) in [5, 5.41) is 3.44. The first kappa shape index (κ1) is 17.2. The molecule has 0 fully saturated rings. The number of amides is 1. The van der Waals surface area contributed by atoms with Gasteiger partial charge in [-0.05, 0) is 48.4 Å². The lowest BCUT2D eigenvalue weighted by Crippen LogP contribution is -2.26. The van der Waals surface area contributed by atoms with Crippen LogP contribution >= 0.6 is 11.6 Å². The number of rotatable bonds is 7. The molecule has 0 aromatic heterocycles. The summed E-state index contributed by atoms with van der Waals surface area (Å²) in [4.78, 5) is 23.6. The van der Waals surface area contributed by atoms with Gasteiger partial charge in [0.1, 0.15) is 5.82 Å². The first-order valence-electron chi connectivity index (χ1n) is 7.34. The van der Waals surface area contributed by atoms with Gasteiger partial charge in [0.05, 0.1) is 0 Å². The lowest BCUT2D eigenvalue weighted by Gasteiger charge is -2.06. The Labute approximate surface area is 139 Å². The smallest absolute Gasteiger partial charge is 0.220 e. The van der Waals surface area contributed by atoms with Crippen LogP contribution in [0.4, 0.5) is 4.39 Å². The number of hydrogen-bond donors (Lipinski definition) is 1. The van der Waals surface area contributed by atoms with Crippen molar-refractivity contribution in [1.82, 2.24) is 5.32 Å². The van der Waals surface area contributed by atoms with Crippen LogP contribution in [0.5, 0.6) is 0 Å². The number of hydrogen-bond acceptors (Lipinski definition) is 2. The number of nitrogens with one attached hydrogen (secondary N) is 1. The molecule has 0 radical (unpaired) electrons. The van der Waals surface area contributed by atoms with Crippen molar-refractivity contribution in [2.24, 2.45) is 0 Å². The minimum atomic E-state index is -0.389. The molecule has 0 aliphatic carbocycles. The van der Waals surface area contributed by atoms with Gasteiger partial charge in [-0.3, -0.25) is 9.59 Å². The van der Waals surface area contributed by atoms with Gasteiger partial charge in [0.15, 0.2) is 5.78 Å². The van der Waals surface area contributed by atoms with Crippen LogP contribution < -0.4 is 5.32 Å². The monoisotopic (exact) mass is 333 g/mol. The Morgan fingerprint density at radius 3 is 2.48 bits per heavy atom. The van der Waals surface area contributed by atoms with E-state index in [0.29, 0.717) is 23.6 Å². The molecule has 2 aromatic rings. The second kappa shape index (κ2) is 8.44. The van der Waals surface area contributed by atoms with E-state index in [-0.39, 0.29) is 30.3 Å². The molecule has 2 rings (SSSR count). The average molecular weight is 334 g/mol. The van der Waals surface area contributed by atoms with E-state index in [4.69, 9.17) is 11.6 Å². The SMILES string of the molecule is O=C(CCC(=O)c1ccc(F)cc1)NCCc1cccc(Cl)c1. The minimum Gasteiger partial charge on any atom is -0.356 e. The molecule has 0 saturated carbocycles. The summed E-state index contributed by atoms with van der Waals surface area (Å²) in [5.41, 5.74) is 1.46. The number of carbonyl (C=O) groups is 2. The van der Waals surface area contributed by atoms with Crippen LogP contribution in [0, 0.1) is 5.82 Å². The number of carbonyl (C=O) groups excluding carboxylic acids is 2. The van der Waals surface area contributed by atoms with E-state index in [1.807, 2.05) is 18.2 Å². The zero-order chi connectivity index (χ0) is 16.7. The highest BCUT2D eigenvalue weighted by Crippen LogP contribution is 2.11. The summed E-state index contributed by atoms with van der Waals surface area (Å²) in [6, 6.07) is 12.8. The van der Waals surface area contributed by atoms with E-state index in [1.165, 1.54) is 24.3 Å². The molecule has 0 bridgehead atoms. The largest absolute Gasteiger partial charge is 0.356 e. The zero-order valence-electron chi connectivity index (χ0n) is 12.5. The predicted molar refractivity (Wildman–Crippen MR) is 88.1 cm³/mol. The molecule has 0 atom stereocenters. The molecular weight excluding hydrogens is 317 g/mol. The fraction of sp³-hybridized carbons (Fsp3) is 0.222. The summed E-state index contributed by atoms with van der Waals surface area (Å²) in [6.07, 6.45) is 0.901. The molecule has 3 nitrogen and oxygen atoms in total. The second-order valence-electron chi connectivity index (χ2n) is 5.16. The third-order valence-corrected chi connectivity index (χ3v) is 3.61. The average Bonchev–Trinajstić information content (AvgIpc) is 2.53. The number of Topliss-reactive ketones (excluding diaryl/α,β-unsaturated/α-hetero) is 1. The predicted octanol–water partition coefficient (Wildman–Crippen LogP) is 3.80. The molecule has 2 aromatic carbocycles. The molecule has 23 heavy (non-hydrogen) atoms. The number of benzene rings is 2. The van der Waals surface area contributed by atoms with E-state index in [9.17, 15) is 14.0 Å². The van der Waals surface area contributed by atoms with Crippen LogP contribution in [0.15, 0.2) is 48.5 Å². The van der Waals surface area contributed by atoms with Crippen molar-refractivity contribution < 1.29 is 14.0 Å². The third kappa shape index (κ3) is 5.83. The van der Waals surface area contributed by atoms with Crippen molar-refractivity contribution in [1.29, 1.82) is 0 Å². The summed E-state index contributed by atoms with van der Waals surface area (Å²) in [6.45, 7) is 0.490. The fourth-order valence-corrected chi connectivity index (χ4v) is 2.35. The Morgan fingerprint density at radius 2 is 1.78 bits per heavy atom. The molecule has 0 aliphatic heterocycles. The topological polar surface area (TPSA) is 46.2 Å². The fourth-order valence-electron chi connectivity index (χ4n) is 2.13. The molecule has 0 heterocycles. The summed E-state index contributed by atoms with van der Waals surface area (Å²) in [5.74, 6) is -0.738. The second-order valence-corrected chi connectivity index (χ2v) is 5.60. The minimum absolute atomic E-state index is 0.106. The van der Waals surface area contributed by atoms with Crippen molar-refractivity contribution in [3.63, 3.8) is 0 Å². The molecule has 0 spiro atoms. The van der Waals surface area contributed by atoms with E-state index in [1.54, 1.807) is 6.07 Å². The number of halogens is 2. The van der Waals surface area contributed by atoms with Gasteiger partial charge in [-0.15, -0.1) is 0 Å². The van der Waals surface area contributed by atoms with E-state index in [0.717, 1.165) is 5.56 Å². The standard InChI is InChI=1S/C18H17ClFNO2/c19-15-3-1-2-13(12-15)10-11-21-18(23)9-8-17(22)14-4-6-16(20)7-5-14/h1-7,12H,8-11H2,(H,21,23). The van der Waals surface area contributed by atoms with Gasteiger partial charge < -0.3 is 5.32 Å². The maximum atomic E-state index is 12.8. The van der Waals surface area contributed by atoms with E-state index in [2.05, 4.69) is 5.32 Å². The summed E-state index contributed by atoms with van der Waals surface area (Å²) >= 11 is 5.89. The van der Waals surface area contributed by atoms with Crippen LogP contribution in [0.3, 0.4) is 0 Å². The lowest BCUT2D eigenvalue weighted by atomic mass is 10.1. The van der Waals surface area contributed by atoms with Gasteiger partial charge >= 0.3 is 0 Å². The van der Waals surface area contributed by atoms with Gasteiger partial charge in [-0.1, -0.05) is 23.7 Å². The molecule has 1 amide bonds. The summed E-state index contributed by atoms with van der Waals surface area (Å²) in [7, 11) is 0. The highest BCUT2D eigenvalue weighted by molar-refractivity contribution is 6.30. The van der Waals surface area contributed by atoms with Crippen LogP contribution in [0.2, 0.25) is 5.02 Å². The van der Waals surface area contributed by atoms with Gasteiger partial charge in [0.2, 0.25) is 5.91 Å². The first-order chi connectivity index (χ1) is 11.0. The maximum absolute atomic E-state index is 12.8.